The number of carbonyl (C=O) groups excluding carboxylic acids is 1. The minimum absolute atomic E-state index is 0.240. The van der Waals surface area contributed by atoms with Gasteiger partial charge in [-0.15, -0.1) is 0 Å². The molecule has 32 heavy (non-hydrogen) atoms. The van der Waals surface area contributed by atoms with Crippen LogP contribution in [0.15, 0.2) is 54.6 Å². The maximum atomic E-state index is 13.1. The lowest BCUT2D eigenvalue weighted by Crippen LogP contribution is -2.30. The Balaban J connectivity index is 1.62. The average molecular weight is 442 g/mol. The van der Waals surface area contributed by atoms with Crippen molar-refractivity contribution >= 4 is 23.4 Å². The van der Waals surface area contributed by atoms with Crippen molar-refractivity contribution in [3.8, 4) is 5.75 Å². The van der Waals surface area contributed by atoms with Crippen LogP contribution in [0.4, 0.5) is 16.2 Å². The van der Waals surface area contributed by atoms with Gasteiger partial charge in [0, 0.05) is 0 Å². The summed E-state index contributed by atoms with van der Waals surface area (Å²) < 4.78 is 16.5. The zero-order chi connectivity index (χ0) is 22.8. The van der Waals surface area contributed by atoms with Crippen molar-refractivity contribution in [3.63, 3.8) is 0 Å². The number of anilines is 2. The third kappa shape index (κ3) is 6.99. The Morgan fingerprint density at radius 3 is 2.28 bits per heavy atom. The Hall–Kier alpha value is -3.06. The van der Waals surface area contributed by atoms with Crippen molar-refractivity contribution in [1.82, 2.24) is 0 Å². The van der Waals surface area contributed by atoms with E-state index < -0.39 is 12.1 Å². The Labute approximate surface area is 188 Å². The lowest BCUT2D eigenvalue weighted by Gasteiger charge is -2.29. The normalized spacial score (nSPS) is 18.0. The van der Waals surface area contributed by atoms with Crippen LogP contribution in [0.2, 0.25) is 0 Å². The van der Waals surface area contributed by atoms with Gasteiger partial charge in [0.25, 0.3) is 0 Å². The molecule has 1 aliphatic rings. The molecule has 1 N–H and O–H groups in total. The molecule has 0 heterocycles. The van der Waals surface area contributed by atoms with Gasteiger partial charge in [-0.2, -0.15) is 0 Å². The number of benzene rings is 2. The molecule has 0 aliphatic heterocycles. The second-order valence-corrected chi connectivity index (χ2v) is 7.98. The summed E-state index contributed by atoms with van der Waals surface area (Å²) in [4.78, 5) is 25.3. The Kier molecular flexibility index (Phi) is 8.92. The number of carbonyl (C=O) groups is 2. The Morgan fingerprint density at radius 2 is 1.62 bits per heavy atom. The molecular formula is C25H31NO6. The van der Waals surface area contributed by atoms with Gasteiger partial charge >= 0.3 is 12.1 Å². The minimum atomic E-state index is -0.957. The van der Waals surface area contributed by atoms with E-state index in [1.807, 2.05) is 61.5 Å². The molecule has 2 aromatic carbocycles. The first-order valence-electron chi connectivity index (χ1n) is 11.1. The second kappa shape index (κ2) is 12.1. The monoisotopic (exact) mass is 441 g/mol. The molecular weight excluding hydrogens is 410 g/mol. The number of aliphatic carboxylic acids is 1. The van der Waals surface area contributed by atoms with Crippen molar-refractivity contribution in [2.24, 2.45) is 11.8 Å². The highest BCUT2D eigenvalue weighted by Crippen LogP contribution is 2.31. The number of para-hydroxylation sites is 1. The molecule has 172 valence electrons. The Bertz CT molecular complexity index is 854. The van der Waals surface area contributed by atoms with Crippen LogP contribution < -0.4 is 9.64 Å². The standard InChI is InChI=1S/C25H31NO6/c1-2-31-23-13-11-22(12-14-23)26(21-9-4-3-5-10-21)25(29)32-17-20-8-6-7-19(15-20)16-30-18-24(27)28/h3-5,9-14,19-20H,2,6-8,15-18H2,1H3,(H,27,28). The van der Waals surface area contributed by atoms with E-state index in [4.69, 9.17) is 19.3 Å². The molecule has 0 spiro atoms. The van der Waals surface area contributed by atoms with E-state index in [0.717, 1.165) is 37.1 Å². The van der Waals surface area contributed by atoms with Crippen molar-refractivity contribution < 1.29 is 28.9 Å². The predicted molar refractivity (Wildman–Crippen MR) is 121 cm³/mol. The quantitative estimate of drug-likeness (QED) is 0.541. The SMILES string of the molecule is CCOc1ccc(N(C(=O)OCC2CCCC(COCC(=O)O)C2)c2ccccc2)cc1. The van der Waals surface area contributed by atoms with Crippen molar-refractivity contribution in [1.29, 1.82) is 0 Å². The van der Waals surface area contributed by atoms with Gasteiger partial charge in [-0.3, -0.25) is 0 Å². The fourth-order valence-electron chi connectivity index (χ4n) is 4.07. The van der Waals surface area contributed by atoms with E-state index in [1.54, 1.807) is 4.90 Å². The fourth-order valence-corrected chi connectivity index (χ4v) is 4.07. The number of carboxylic acid groups (broad SMARTS) is 1. The van der Waals surface area contributed by atoms with Gasteiger partial charge in [0.15, 0.2) is 0 Å². The van der Waals surface area contributed by atoms with Gasteiger partial charge in [0.2, 0.25) is 0 Å². The van der Waals surface area contributed by atoms with E-state index >= 15 is 0 Å². The van der Waals surface area contributed by atoms with Crippen molar-refractivity contribution in [3.05, 3.63) is 54.6 Å². The van der Waals surface area contributed by atoms with Crippen LogP contribution in [0.25, 0.3) is 0 Å². The number of ether oxygens (including phenoxy) is 3. The number of hydrogen-bond acceptors (Lipinski definition) is 5. The molecule has 1 saturated carbocycles. The molecule has 0 saturated heterocycles. The van der Waals surface area contributed by atoms with E-state index in [1.165, 1.54) is 0 Å². The van der Waals surface area contributed by atoms with E-state index in [0.29, 0.717) is 31.4 Å². The van der Waals surface area contributed by atoms with Gasteiger partial charge < -0.3 is 19.3 Å². The number of nitrogens with zero attached hydrogens (tertiary/aromatic N) is 1. The summed E-state index contributed by atoms with van der Waals surface area (Å²) in [5.41, 5.74) is 1.43. The number of amides is 1. The van der Waals surface area contributed by atoms with Crippen LogP contribution in [0.5, 0.6) is 5.75 Å². The number of rotatable bonds is 10. The van der Waals surface area contributed by atoms with Crippen LogP contribution in [-0.4, -0.2) is 43.6 Å². The fraction of sp³-hybridized carbons (Fsp3) is 0.440. The minimum Gasteiger partial charge on any atom is -0.494 e. The molecule has 2 aromatic rings. The van der Waals surface area contributed by atoms with Gasteiger partial charge in [-0.05, 0) is 74.4 Å². The molecule has 1 aliphatic carbocycles. The molecule has 1 fully saturated rings. The van der Waals surface area contributed by atoms with E-state index in [-0.39, 0.29) is 12.5 Å². The highest BCUT2D eigenvalue weighted by molar-refractivity contribution is 5.96. The molecule has 3 rings (SSSR count). The highest BCUT2D eigenvalue weighted by atomic mass is 16.6. The van der Waals surface area contributed by atoms with Crippen LogP contribution in [0, 0.1) is 11.8 Å². The van der Waals surface area contributed by atoms with Gasteiger partial charge in [-0.1, -0.05) is 24.6 Å². The summed E-state index contributed by atoms with van der Waals surface area (Å²) >= 11 is 0. The summed E-state index contributed by atoms with van der Waals surface area (Å²) in [7, 11) is 0. The maximum absolute atomic E-state index is 13.1. The molecule has 1 amide bonds. The first kappa shape index (κ1) is 23.6. The van der Waals surface area contributed by atoms with E-state index in [2.05, 4.69) is 0 Å². The summed E-state index contributed by atoms with van der Waals surface area (Å²) in [5, 5.41) is 8.73. The van der Waals surface area contributed by atoms with Crippen LogP contribution in [0.3, 0.4) is 0 Å². The summed E-state index contributed by atoms with van der Waals surface area (Å²) in [6.45, 7) is 2.99. The lowest BCUT2D eigenvalue weighted by molar-refractivity contribution is -0.142. The smallest absolute Gasteiger partial charge is 0.418 e. The first-order chi connectivity index (χ1) is 15.6. The first-order valence-corrected chi connectivity index (χ1v) is 11.1. The molecule has 2 unspecified atom stereocenters. The van der Waals surface area contributed by atoms with Crippen LogP contribution >= 0.6 is 0 Å². The largest absolute Gasteiger partial charge is 0.494 e. The predicted octanol–water partition coefficient (Wildman–Crippen LogP) is 5.27. The Morgan fingerprint density at radius 1 is 0.969 bits per heavy atom. The zero-order valence-electron chi connectivity index (χ0n) is 18.4. The van der Waals surface area contributed by atoms with Gasteiger partial charge in [-0.25, -0.2) is 14.5 Å². The summed E-state index contributed by atoms with van der Waals surface area (Å²) in [6, 6.07) is 16.8. The average Bonchev–Trinajstić information content (AvgIpc) is 2.80. The van der Waals surface area contributed by atoms with Crippen molar-refractivity contribution in [2.75, 3.05) is 31.3 Å². The lowest BCUT2D eigenvalue weighted by atomic mass is 9.82. The molecule has 7 nitrogen and oxygen atoms in total. The number of hydrogen-bond donors (Lipinski definition) is 1. The second-order valence-electron chi connectivity index (χ2n) is 7.98. The third-order valence-electron chi connectivity index (χ3n) is 5.52. The van der Waals surface area contributed by atoms with Crippen molar-refractivity contribution in [2.45, 2.75) is 32.6 Å². The van der Waals surface area contributed by atoms with Crippen LogP contribution in [-0.2, 0) is 14.3 Å². The molecule has 0 aromatic heterocycles. The third-order valence-corrected chi connectivity index (χ3v) is 5.52. The molecule has 7 heteroatoms. The van der Waals surface area contributed by atoms with Crippen LogP contribution in [0.1, 0.15) is 32.6 Å². The molecule has 2 atom stereocenters. The highest BCUT2D eigenvalue weighted by Gasteiger charge is 2.26. The number of carboxylic acids is 1. The molecule has 0 radical (unpaired) electrons. The summed E-state index contributed by atoms with van der Waals surface area (Å²) in [6.07, 6.45) is 3.44. The zero-order valence-corrected chi connectivity index (χ0v) is 18.4. The van der Waals surface area contributed by atoms with E-state index in [9.17, 15) is 9.59 Å². The topological polar surface area (TPSA) is 85.3 Å². The van der Waals surface area contributed by atoms with Gasteiger partial charge in [0.05, 0.1) is 31.2 Å². The summed E-state index contributed by atoms with van der Waals surface area (Å²) in [5.74, 6) is 0.324. The van der Waals surface area contributed by atoms with Gasteiger partial charge in [0.1, 0.15) is 12.4 Å². The molecule has 0 bridgehead atoms. The maximum Gasteiger partial charge on any atom is 0.418 e.